The largest absolute Gasteiger partial charge is 0.480 e. The zero-order valence-corrected chi connectivity index (χ0v) is 12.0. The SMILES string of the molecule is O=C(NCCc1ccsc1)N[C@H](Cc1cnc[nH]1)C(=O)O. The zero-order chi connectivity index (χ0) is 15.1. The van der Waals surface area contributed by atoms with Crippen LogP contribution in [0.4, 0.5) is 4.79 Å². The number of aromatic amines is 1. The van der Waals surface area contributed by atoms with Crippen molar-refractivity contribution in [2.75, 3.05) is 6.54 Å². The standard InChI is InChI=1S/C13H16N4O3S/c18-12(19)11(5-10-6-14-8-16-10)17-13(20)15-3-1-9-2-4-21-7-9/h2,4,6-8,11H,1,3,5H2,(H,14,16)(H,18,19)(H2,15,17,20)/t11-/m1/s1. The lowest BCUT2D eigenvalue weighted by Crippen LogP contribution is -2.47. The van der Waals surface area contributed by atoms with E-state index in [9.17, 15) is 9.59 Å². The van der Waals surface area contributed by atoms with Crippen molar-refractivity contribution in [3.05, 3.63) is 40.6 Å². The lowest BCUT2D eigenvalue weighted by Gasteiger charge is -2.14. The molecule has 8 heteroatoms. The van der Waals surface area contributed by atoms with Gasteiger partial charge >= 0.3 is 12.0 Å². The van der Waals surface area contributed by atoms with Gasteiger partial charge in [0.05, 0.1) is 6.33 Å². The van der Waals surface area contributed by atoms with E-state index in [1.165, 1.54) is 12.5 Å². The Kier molecular flexibility index (Phi) is 5.33. The lowest BCUT2D eigenvalue weighted by atomic mass is 10.1. The highest BCUT2D eigenvalue weighted by Crippen LogP contribution is 2.05. The molecule has 0 saturated carbocycles. The summed E-state index contributed by atoms with van der Waals surface area (Å²) in [7, 11) is 0. The number of carbonyl (C=O) groups is 2. The molecule has 4 N–H and O–H groups in total. The molecule has 0 saturated heterocycles. The first-order chi connectivity index (χ1) is 10.1. The molecule has 0 aliphatic rings. The fourth-order valence-corrected chi connectivity index (χ4v) is 2.48. The van der Waals surface area contributed by atoms with Gasteiger partial charge in [-0.2, -0.15) is 11.3 Å². The van der Waals surface area contributed by atoms with E-state index in [0.29, 0.717) is 12.2 Å². The molecule has 2 rings (SSSR count). The number of carboxylic acids is 1. The summed E-state index contributed by atoms with van der Waals surface area (Å²) in [5.41, 5.74) is 1.80. The van der Waals surface area contributed by atoms with E-state index in [-0.39, 0.29) is 6.42 Å². The summed E-state index contributed by atoms with van der Waals surface area (Å²) in [5.74, 6) is -1.09. The Balaban J connectivity index is 1.76. The second kappa shape index (κ2) is 7.44. The van der Waals surface area contributed by atoms with Gasteiger partial charge in [0.1, 0.15) is 6.04 Å². The number of nitrogens with zero attached hydrogens (tertiary/aromatic N) is 1. The van der Waals surface area contributed by atoms with Gasteiger partial charge in [0, 0.05) is 24.9 Å². The van der Waals surface area contributed by atoms with Crippen molar-refractivity contribution in [2.24, 2.45) is 0 Å². The van der Waals surface area contributed by atoms with Gasteiger partial charge in [0.2, 0.25) is 0 Å². The topological polar surface area (TPSA) is 107 Å². The Morgan fingerprint density at radius 1 is 1.48 bits per heavy atom. The van der Waals surface area contributed by atoms with Crippen LogP contribution in [0.5, 0.6) is 0 Å². The van der Waals surface area contributed by atoms with E-state index in [0.717, 1.165) is 12.0 Å². The highest BCUT2D eigenvalue weighted by Gasteiger charge is 2.20. The Morgan fingerprint density at radius 2 is 2.33 bits per heavy atom. The molecule has 0 bridgehead atoms. The number of hydrogen-bond acceptors (Lipinski definition) is 4. The molecule has 0 unspecified atom stereocenters. The number of H-pyrrole nitrogens is 1. The number of aromatic nitrogens is 2. The second-order valence-electron chi connectivity index (χ2n) is 4.45. The number of carbonyl (C=O) groups excluding carboxylic acids is 1. The molecule has 1 atom stereocenters. The molecule has 0 aromatic carbocycles. The molecule has 2 aromatic rings. The molecule has 2 aromatic heterocycles. The summed E-state index contributed by atoms with van der Waals surface area (Å²) < 4.78 is 0. The number of hydrogen-bond donors (Lipinski definition) is 4. The fourth-order valence-electron chi connectivity index (χ4n) is 1.78. The number of thiophene rings is 1. The Bertz CT molecular complexity index is 568. The van der Waals surface area contributed by atoms with Crippen LogP contribution in [-0.2, 0) is 17.6 Å². The van der Waals surface area contributed by atoms with Crippen LogP contribution in [0.2, 0.25) is 0 Å². The molecular formula is C13H16N4O3S. The van der Waals surface area contributed by atoms with Crippen molar-refractivity contribution in [3.63, 3.8) is 0 Å². The van der Waals surface area contributed by atoms with Crippen LogP contribution in [0.1, 0.15) is 11.3 Å². The van der Waals surface area contributed by atoms with E-state index in [1.807, 2.05) is 16.8 Å². The molecule has 0 aliphatic heterocycles. The number of rotatable bonds is 7. The van der Waals surface area contributed by atoms with Crippen LogP contribution in [0.15, 0.2) is 29.4 Å². The molecule has 112 valence electrons. The average Bonchev–Trinajstić information content (AvgIpc) is 3.10. The number of carboxylic acid groups (broad SMARTS) is 1. The molecule has 2 heterocycles. The zero-order valence-electron chi connectivity index (χ0n) is 11.2. The quantitative estimate of drug-likeness (QED) is 0.612. The first kappa shape index (κ1) is 15.0. The van der Waals surface area contributed by atoms with Gasteiger partial charge in [-0.25, -0.2) is 14.6 Å². The second-order valence-corrected chi connectivity index (χ2v) is 5.23. The van der Waals surface area contributed by atoms with Gasteiger partial charge in [0.25, 0.3) is 0 Å². The Hall–Kier alpha value is -2.35. The molecule has 0 spiro atoms. The average molecular weight is 308 g/mol. The van der Waals surface area contributed by atoms with Crippen LogP contribution in [-0.4, -0.2) is 39.7 Å². The maximum atomic E-state index is 11.7. The maximum Gasteiger partial charge on any atom is 0.326 e. The third-order valence-corrected chi connectivity index (χ3v) is 3.59. The van der Waals surface area contributed by atoms with Crippen molar-refractivity contribution in [1.82, 2.24) is 20.6 Å². The van der Waals surface area contributed by atoms with Gasteiger partial charge in [-0.05, 0) is 28.8 Å². The minimum Gasteiger partial charge on any atom is -0.480 e. The van der Waals surface area contributed by atoms with Crippen LogP contribution in [0, 0.1) is 0 Å². The van der Waals surface area contributed by atoms with Gasteiger partial charge in [-0.1, -0.05) is 0 Å². The lowest BCUT2D eigenvalue weighted by molar-refractivity contribution is -0.139. The van der Waals surface area contributed by atoms with Gasteiger partial charge in [0.15, 0.2) is 0 Å². The van der Waals surface area contributed by atoms with Gasteiger partial charge in [-0.3, -0.25) is 0 Å². The third kappa shape index (κ3) is 4.92. The number of aliphatic carboxylic acids is 1. The fraction of sp³-hybridized carbons (Fsp3) is 0.308. The van der Waals surface area contributed by atoms with E-state index in [1.54, 1.807) is 11.3 Å². The number of imidazole rings is 1. The summed E-state index contributed by atoms with van der Waals surface area (Å²) in [6, 6.07) is 0.506. The third-order valence-electron chi connectivity index (χ3n) is 2.86. The summed E-state index contributed by atoms with van der Waals surface area (Å²) in [6.45, 7) is 0.457. The van der Waals surface area contributed by atoms with E-state index in [2.05, 4.69) is 20.6 Å². The van der Waals surface area contributed by atoms with Crippen molar-refractivity contribution in [1.29, 1.82) is 0 Å². The predicted octanol–water partition coefficient (Wildman–Crippen LogP) is 1.01. The van der Waals surface area contributed by atoms with Crippen molar-refractivity contribution < 1.29 is 14.7 Å². The number of nitrogens with one attached hydrogen (secondary N) is 3. The molecule has 2 amide bonds. The first-order valence-corrected chi connectivity index (χ1v) is 7.35. The first-order valence-electron chi connectivity index (χ1n) is 6.40. The van der Waals surface area contributed by atoms with E-state index < -0.39 is 18.0 Å². The van der Waals surface area contributed by atoms with E-state index >= 15 is 0 Å². The summed E-state index contributed by atoms with van der Waals surface area (Å²) in [6.07, 6.45) is 3.88. The normalized spacial score (nSPS) is 11.8. The van der Waals surface area contributed by atoms with Crippen LogP contribution in [0.25, 0.3) is 0 Å². The monoisotopic (exact) mass is 308 g/mol. The molecule has 0 aliphatic carbocycles. The van der Waals surface area contributed by atoms with Gasteiger partial charge in [-0.15, -0.1) is 0 Å². The van der Waals surface area contributed by atoms with E-state index in [4.69, 9.17) is 5.11 Å². The molecule has 0 fully saturated rings. The van der Waals surface area contributed by atoms with Crippen molar-refractivity contribution in [2.45, 2.75) is 18.9 Å². The minimum absolute atomic E-state index is 0.160. The molecule has 0 radical (unpaired) electrons. The van der Waals surface area contributed by atoms with Crippen LogP contribution in [0.3, 0.4) is 0 Å². The van der Waals surface area contributed by atoms with Gasteiger partial charge < -0.3 is 20.7 Å². The Morgan fingerprint density at radius 3 is 2.95 bits per heavy atom. The summed E-state index contributed by atoms with van der Waals surface area (Å²) >= 11 is 1.60. The molecular weight excluding hydrogens is 292 g/mol. The molecule has 7 nitrogen and oxygen atoms in total. The van der Waals surface area contributed by atoms with Crippen LogP contribution >= 0.6 is 11.3 Å². The number of amides is 2. The van der Waals surface area contributed by atoms with Crippen molar-refractivity contribution in [3.8, 4) is 0 Å². The minimum atomic E-state index is -1.09. The highest BCUT2D eigenvalue weighted by atomic mass is 32.1. The Labute approximate surface area is 125 Å². The summed E-state index contributed by atoms with van der Waals surface area (Å²) in [4.78, 5) is 29.5. The highest BCUT2D eigenvalue weighted by molar-refractivity contribution is 7.07. The smallest absolute Gasteiger partial charge is 0.326 e. The van der Waals surface area contributed by atoms with Crippen LogP contribution < -0.4 is 10.6 Å². The summed E-state index contributed by atoms with van der Waals surface area (Å²) in [5, 5.41) is 18.2. The number of urea groups is 1. The molecule has 21 heavy (non-hydrogen) atoms. The predicted molar refractivity (Wildman–Crippen MR) is 78.3 cm³/mol. The maximum absolute atomic E-state index is 11.7. The van der Waals surface area contributed by atoms with Crippen molar-refractivity contribution >= 4 is 23.3 Å².